The summed E-state index contributed by atoms with van der Waals surface area (Å²) in [5.41, 5.74) is 2.56. The molecule has 2 aromatic rings. The molecule has 1 atom stereocenters. The number of fused-ring (bicyclic) bond motifs is 1. The first-order chi connectivity index (χ1) is 7.92. The molecule has 0 aliphatic carbocycles. The Hall–Kier alpha value is -1.32. The summed E-state index contributed by atoms with van der Waals surface area (Å²) in [5, 5.41) is 8.25. The van der Waals surface area contributed by atoms with Crippen LogP contribution >= 0.6 is 0 Å². The van der Waals surface area contributed by atoms with Gasteiger partial charge in [-0.15, -0.1) is 0 Å². The molecule has 3 rings (SSSR count). The largest absolute Gasteiger partial charge is 0.358 e. The van der Waals surface area contributed by atoms with Gasteiger partial charge in [0.25, 0.3) is 0 Å². The Bertz CT molecular complexity index is 436. The molecule has 2 heterocycles. The third-order valence-corrected chi connectivity index (χ3v) is 3.18. The van der Waals surface area contributed by atoms with Crippen LogP contribution in [0.25, 0.3) is 10.9 Å². The number of nitrogens with one attached hydrogen (secondary N) is 3. The summed E-state index contributed by atoms with van der Waals surface area (Å²) in [5.74, 6) is 0. The molecule has 1 aliphatic rings. The van der Waals surface area contributed by atoms with Crippen LogP contribution < -0.4 is 10.6 Å². The Balaban J connectivity index is 1.78. The van der Waals surface area contributed by atoms with Gasteiger partial charge in [-0.1, -0.05) is 18.2 Å². The topological polar surface area (TPSA) is 39.9 Å². The Morgan fingerprint density at radius 3 is 2.94 bits per heavy atom. The van der Waals surface area contributed by atoms with Gasteiger partial charge < -0.3 is 15.6 Å². The fraction of sp³-hybridized carbons (Fsp3) is 0.385. The number of aromatic amines is 1. The van der Waals surface area contributed by atoms with Crippen molar-refractivity contribution in [3.05, 3.63) is 36.0 Å². The molecule has 3 nitrogen and oxygen atoms in total. The molecular formula is C13H17N3. The van der Waals surface area contributed by atoms with Gasteiger partial charge in [0.1, 0.15) is 0 Å². The number of benzene rings is 1. The van der Waals surface area contributed by atoms with E-state index >= 15 is 0 Å². The molecule has 3 N–H and O–H groups in total. The molecule has 3 heteroatoms. The molecule has 0 spiro atoms. The zero-order chi connectivity index (χ0) is 10.8. The van der Waals surface area contributed by atoms with E-state index in [0.717, 1.165) is 26.1 Å². The van der Waals surface area contributed by atoms with Crippen molar-refractivity contribution >= 4 is 10.9 Å². The Morgan fingerprint density at radius 1 is 1.19 bits per heavy atom. The second kappa shape index (κ2) is 4.28. The Kier molecular flexibility index (Phi) is 2.64. The summed E-state index contributed by atoms with van der Waals surface area (Å²) in [6.45, 7) is 3.23. The smallest absolute Gasteiger partial charge is 0.0456 e. The highest BCUT2D eigenvalue weighted by Crippen LogP contribution is 2.15. The molecular weight excluding hydrogens is 198 g/mol. The fourth-order valence-electron chi connectivity index (χ4n) is 2.37. The lowest BCUT2D eigenvalue weighted by molar-refractivity contribution is 0.415. The van der Waals surface area contributed by atoms with Crippen LogP contribution in [-0.2, 0) is 6.42 Å². The summed E-state index contributed by atoms with van der Waals surface area (Å²) < 4.78 is 0. The molecule has 0 bridgehead atoms. The zero-order valence-corrected chi connectivity index (χ0v) is 9.29. The number of hydrogen-bond acceptors (Lipinski definition) is 2. The van der Waals surface area contributed by atoms with E-state index in [1.165, 1.54) is 16.6 Å². The van der Waals surface area contributed by atoms with Crippen LogP contribution in [0.2, 0.25) is 0 Å². The van der Waals surface area contributed by atoms with Crippen molar-refractivity contribution in [1.29, 1.82) is 0 Å². The third-order valence-electron chi connectivity index (χ3n) is 3.18. The summed E-state index contributed by atoms with van der Waals surface area (Å²) >= 11 is 0. The second-order valence-corrected chi connectivity index (χ2v) is 4.44. The van der Waals surface area contributed by atoms with Crippen molar-refractivity contribution in [3.8, 4) is 0 Å². The molecule has 0 amide bonds. The van der Waals surface area contributed by atoms with Crippen molar-refractivity contribution in [2.45, 2.75) is 12.5 Å². The summed E-state index contributed by atoms with van der Waals surface area (Å²) in [6.07, 6.45) is 1.07. The highest BCUT2D eigenvalue weighted by Gasteiger charge is 2.13. The highest BCUT2D eigenvalue weighted by atomic mass is 15.1. The zero-order valence-electron chi connectivity index (χ0n) is 9.29. The van der Waals surface area contributed by atoms with Crippen molar-refractivity contribution in [3.63, 3.8) is 0 Å². The van der Waals surface area contributed by atoms with E-state index in [9.17, 15) is 0 Å². The first kappa shape index (κ1) is 9.87. The minimum absolute atomic E-state index is 0.557. The molecule has 16 heavy (non-hydrogen) atoms. The van der Waals surface area contributed by atoms with Crippen LogP contribution in [0.5, 0.6) is 0 Å². The second-order valence-electron chi connectivity index (χ2n) is 4.44. The van der Waals surface area contributed by atoms with Gasteiger partial charge in [-0.2, -0.15) is 0 Å². The molecule has 1 unspecified atom stereocenters. The first-order valence-electron chi connectivity index (χ1n) is 5.92. The van der Waals surface area contributed by atoms with Crippen LogP contribution in [0, 0.1) is 0 Å². The van der Waals surface area contributed by atoms with Gasteiger partial charge in [0, 0.05) is 43.3 Å². The van der Waals surface area contributed by atoms with Crippen LogP contribution in [0.3, 0.4) is 0 Å². The van der Waals surface area contributed by atoms with Gasteiger partial charge >= 0.3 is 0 Å². The van der Waals surface area contributed by atoms with Gasteiger partial charge in [-0.3, -0.25) is 0 Å². The van der Waals surface area contributed by atoms with Crippen LogP contribution in [0.15, 0.2) is 30.3 Å². The average molecular weight is 215 g/mol. The average Bonchev–Trinajstić information content (AvgIpc) is 2.72. The number of hydrogen-bond donors (Lipinski definition) is 3. The van der Waals surface area contributed by atoms with Gasteiger partial charge in [0.05, 0.1) is 0 Å². The Morgan fingerprint density at radius 2 is 2.12 bits per heavy atom. The van der Waals surface area contributed by atoms with Crippen LogP contribution in [0.4, 0.5) is 0 Å². The maximum atomic E-state index is 3.53. The molecule has 1 aromatic heterocycles. The summed E-state index contributed by atoms with van der Waals surface area (Å²) in [6, 6.07) is 11.3. The number of para-hydroxylation sites is 1. The van der Waals surface area contributed by atoms with E-state index in [2.05, 4.69) is 45.9 Å². The van der Waals surface area contributed by atoms with E-state index in [1.54, 1.807) is 0 Å². The van der Waals surface area contributed by atoms with E-state index in [0.29, 0.717) is 6.04 Å². The van der Waals surface area contributed by atoms with Crippen molar-refractivity contribution in [2.24, 2.45) is 0 Å². The van der Waals surface area contributed by atoms with Gasteiger partial charge in [-0.25, -0.2) is 0 Å². The molecule has 0 saturated carbocycles. The van der Waals surface area contributed by atoms with Gasteiger partial charge in [0.2, 0.25) is 0 Å². The molecule has 0 radical (unpaired) electrons. The highest BCUT2D eigenvalue weighted by molar-refractivity contribution is 5.80. The maximum absolute atomic E-state index is 3.53. The predicted octanol–water partition coefficient (Wildman–Crippen LogP) is 1.27. The van der Waals surface area contributed by atoms with Gasteiger partial charge in [0.15, 0.2) is 0 Å². The van der Waals surface area contributed by atoms with E-state index in [1.807, 2.05) is 0 Å². The summed E-state index contributed by atoms with van der Waals surface area (Å²) in [7, 11) is 0. The number of aromatic nitrogens is 1. The fourth-order valence-corrected chi connectivity index (χ4v) is 2.37. The molecule has 1 aromatic carbocycles. The molecule has 84 valence electrons. The lowest BCUT2D eigenvalue weighted by atomic mass is 10.1. The third kappa shape index (κ3) is 1.96. The van der Waals surface area contributed by atoms with E-state index in [-0.39, 0.29) is 0 Å². The minimum atomic E-state index is 0.557. The minimum Gasteiger partial charge on any atom is -0.358 e. The SMILES string of the molecule is c1ccc2[nH]c(CC3CNCCN3)cc2c1. The van der Waals surface area contributed by atoms with Crippen LogP contribution in [-0.4, -0.2) is 30.7 Å². The van der Waals surface area contributed by atoms with E-state index < -0.39 is 0 Å². The monoisotopic (exact) mass is 215 g/mol. The Labute approximate surface area is 95.2 Å². The lowest BCUT2D eigenvalue weighted by Gasteiger charge is -2.23. The van der Waals surface area contributed by atoms with Crippen LogP contribution in [0.1, 0.15) is 5.69 Å². The summed E-state index contributed by atoms with van der Waals surface area (Å²) in [4.78, 5) is 3.48. The molecule has 1 fully saturated rings. The van der Waals surface area contributed by atoms with E-state index in [4.69, 9.17) is 0 Å². The maximum Gasteiger partial charge on any atom is 0.0456 e. The lowest BCUT2D eigenvalue weighted by Crippen LogP contribution is -2.49. The normalized spacial score (nSPS) is 21.4. The quantitative estimate of drug-likeness (QED) is 0.706. The first-order valence-corrected chi connectivity index (χ1v) is 5.92. The number of H-pyrrole nitrogens is 1. The molecule has 1 aliphatic heterocycles. The number of rotatable bonds is 2. The van der Waals surface area contributed by atoms with Gasteiger partial charge in [-0.05, 0) is 17.5 Å². The predicted molar refractivity (Wildman–Crippen MR) is 66.7 cm³/mol. The van der Waals surface area contributed by atoms with Crippen molar-refractivity contribution in [2.75, 3.05) is 19.6 Å². The van der Waals surface area contributed by atoms with Crippen molar-refractivity contribution < 1.29 is 0 Å². The van der Waals surface area contributed by atoms with Crippen molar-refractivity contribution in [1.82, 2.24) is 15.6 Å². The number of piperazine rings is 1. The standard InChI is InChI=1S/C13H17N3/c1-2-4-13-10(3-1)7-11(16-13)8-12-9-14-5-6-15-12/h1-4,7,12,14-16H,5-6,8-9H2. The molecule has 1 saturated heterocycles.